The molecule has 12 nitrogen and oxygen atoms in total. The van der Waals surface area contributed by atoms with Crippen LogP contribution in [0.3, 0.4) is 0 Å². The third-order valence-electron chi connectivity index (χ3n) is 8.39. The van der Waals surface area contributed by atoms with Crippen LogP contribution in [0.4, 0.5) is 0 Å². The molecule has 0 aromatic heterocycles. The SMILES string of the molecule is C=CCO[C@H]1OC[C@@H]2OC(C)(C)O[C@@H]2[C@H]1O[C@@H]1O[C@@H](C)[C@H](OC(=O)c2ccccc2)[C@@H](OC(=O)c2ccccc2)[C@H]1OC(=O)c1ccccc1. The van der Waals surface area contributed by atoms with Crippen molar-refractivity contribution >= 4 is 17.9 Å². The van der Waals surface area contributed by atoms with E-state index >= 15 is 0 Å². The molecule has 12 heteroatoms. The molecule has 0 saturated carbocycles. The van der Waals surface area contributed by atoms with Gasteiger partial charge in [-0.15, -0.1) is 6.58 Å². The Morgan fingerprint density at radius 1 is 0.720 bits per heavy atom. The summed E-state index contributed by atoms with van der Waals surface area (Å²) < 4.78 is 55.4. The lowest BCUT2D eigenvalue weighted by molar-refractivity contribution is -0.344. The van der Waals surface area contributed by atoms with Gasteiger partial charge in [-0.2, -0.15) is 0 Å². The molecule has 3 saturated heterocycles. The summed E-state index contributed by atoms with van der Waals surface area (Å²) in [5, 5.41) is 0. The van der Waals surface area contributed by atoms with E-state index in [1.807, 2.05) is 0 Å². The van der Waals surface area contributed by atoms with Crippen LogP contribution in [-0.2, 0) is 42.6 Å². The topological polar surface area (TPSA) is 134 Å². The first-order chi connectivity index (χ1) is 24.1. The van der Waals surface area contributed by atoms with Crippen molar-refractivity contribution in [2.45, 2.75) is 81.9 Å². The first-order valence-electron chi connectivity index (χ1n) is 16.4. The maximum Gasteiger partial charge on any atom is 0.338 e. The largest absolute Gasteiger partial charge is 0.452 e. The first-order valence-corrected chi connectivity index (χ1v) is 16.4. The Kier molecular flexibility index (Phi) is 11.1. The molecule has 0 aliphatic carbocycles. The van der Waals surface area contributed by atoms with E-state index in [1.165, 1.54) is 0 Å². The standard InChI is InChI=1S/C38H40O12/c1-5-21-42-36-31(29-27(22-43-36)49-38(3,4)50-29)48-37-32(47-35(41)26-19-13-8-14-20-26)30(46-34(40)25-17-11-7-12-18-25)28(23(2)44-37)45-33(39)24-15-9-6-10-16-24/h5-20,23,27-32,36-37H,1,21-22H2,2-4H3/t23-,27-,28-,29-,30+,31+,32+,36-,37-/m0/s1. The summed E-state index contributed by atoms with van der Waals surface area (Å²) in [6.45, 7) is 9.21. The van der Waals surface area contributed by atoms with Crippen molar-refractivity contribution in [3.8, 4) is 0 Å². The zero-order chi connectivity index (χ0) is 35.3. The lowest BCUT2D eigenvalue weighted by Gasteiger charge is -2.46. The minimum atomic E-state index is -1.46. The molecule has 3 aliphatic heterocycles. The van der Waals surface area contributed by atoms with E-state index < -0.39 is 79.0 Å². The molecule has 3 fully saturated rings. The molecule has 0 amide bonds. The number of rotatable bonds is 11. The lowest BCUT2D eigenvalue weighted by atomic mass is 9.97. The fraction of sp³-hybridized carbons (Fsp3) is 0.395. The van der Waals surface area contributed by atoms with Crippen LogP contribution >= 0.6 is 0 Å². The van der Waals surface area contributed by atoms with Gasteiger partial charge >= 0.3 is 17.9 Å². The monoisotopic (exact) mass is 688 g/mol. The van der Waals surface area contributed by atoms with Crippen LogP contribution < -0.4 is 0 Å². The van der Waals surface area contributed by atoms with Crippen molar-refractivity contribution in [1.82, 2.24) is 0 Å². The molecule has 3 aliphatic rings. The maximum absolute atomic E-state index is 13.7. The smallest absolute Gasteiger partial charge is 0.338 e. The van der Waals surface area contributed by atoms with E-state index in [1.54, 1.807) is 118 Å². The van der Waals surface area contributed by atoms with Gasteiger partial charge in [0.25, 0.3) is 0 Å². The quantitative estimate of drug-likeness (QED) is 0.155. The molecule has 6 rings (SSSR count). The molecule has 3 heterocycles. The predicted octanol–water partition coefficient (Wildman–Crippen LogP) is 4.87. The number of fused-ring (bicyclic) bond motifs is 1. The zero-order valence-electron chi connectivity index (χ0n) is 28.0. The molecule has 0 bridgehead atoms. The molecule has 0 radical (unpaired) electrons. The van der Waals surface area contributed by atoms with Gasteiger partial charge in [0.1, 0.15) is 18.3 Å². The Labute approximate surface area is 290 Å². The third kappa shape index (κ3) is 8.13. The number of esters is 3. The summed E-state index contributed by atoms with van der Waals surface area (Å²) in [6.07, 6.45) is -8.00. The van der Waals surface area contributed by atoms with Crippen LogP contribution in [0.1, 0.15) is 51.8 Å². The summed E-state index contributed by atoms with van der Waals surface area (Å²) >= 11 is 0. The van der Waals surface area contributed by atoms with E-state index in [9.17, 15) is 14.4 Å². The van der Waals surface area contributed by atoms with Gasteiger partial charge < -0.3 is 42.6 Å². The first kappa shape index (κ1) is 35.4. The van der Waals surface area contributed by atoms with Crippen LogP contribution in [0, 0.1) is 0 Å². The second-order valence-corrected chi connectivity index (χ2v) is 12.5. The number of ether oxygens (including phenoxy) is 9. The van der Waals surface area contributed by atoms with E-state index in [0.717, 1.165) is 0 Å². The molecule has 3 aromatic rings. The van der Waals surface area contributed by atoms with Gasteiger partial charge in [0.05, 0.1) is 36.0 Å². The van der Waals surface area contributed by atoms with Gasteiger partial charge in [-0.25, -0.2) is 14.4 Å². The Morgan fingerprint density at radius 2 is 1.22 bits per heavy atom. The summed E-state index contributed by atoms with van der Waals surface area (Å²) in [4.78, 5) is 40.7. The molecule has 0 spiro atoms. The Bertz CT molecular complexity index is 1610. The Balaban J connectivity index is 1.38. The second kappa shape index (κ2) is 15.6. The fourth-order valence-electron chi connectivity index (χ4n) is 6.11. The highest BCUT2D eigenvalue weighted by atomic mass is 16.8. The summed E-state index contributed by atoms with van der Waals surface area (Å²) in [5.41, 5.74) is 0.710. The van der Waals surface area contributed by atoms with Gasteiger partial charge in [0.15, 0.2) is 36.7 Å². The van der Waals surface area contributed by atoms with Crippen LogP contribution in [0.15, 0.2) is 104 Å². The van der Waals surface area contributed by atoms with Gasteiger partial charge in [0, 0.05) is 0 Å². The van der Waals surface area contributed by atoms with Crippen molar-refractivity contribution in [3.05, 3.63) is 120 Å². The van der Waals surface area contributed by atoms with Gasteiger partial charge in [0.2, 0.25) is 0 Å². The van der Waals surface area contributed by atoms with Crippen LogP contribution in [0.2, 0.25) is 0 Å². The molecule has 50 heavy (non-hydrogen) atoms. The van der Waals surface area contributed by atoms with Crippen LogP contribution in [-0.4, -0.2) is 92.2 Å². The predicted molar refractivity (Wildman–Crippen MR) is 176 cm³/mol. The molecule has 264 valence electrons. The normalized spacial score (nSPS) is 30.0. The molecular formula is C38H40O12. The van der Waals surface area contributed by atoms with Crippen molar-refractivity contribution in [2.75, 3.05) is 13.2 Å². The minimum absolute atomic E-state index is 0.134. The highest BCUT2D eigenvalue weighted by Gasteiger charge is 2.57. The van der Waals surface area contributed by atoms with Gasteiger partial charge in [-0.3, -0.25) is 0 Å². The lowest BCUT2D eigenvalue weighted by Crippen LogP contribution is -2.64. The average molecular weight is 689 g/mol. The number of carbonyl (C=O) groups excluding carboxylic acids is 3. The van der Waals surface area contributed by atoms with Crippen molar-refractivity contribution in [2.24, 2.45) is 0 Å². The number of carbonyl (C=O) groups is 3. The maximum atomic E-state index is 13.7. The van der Waals surface area contributed by atoms with Crippen LogP contribution in [0.5, 0.6) is 0 Å². The zero-order valence-corrected chi connectivity index (χ0v) is 28.0. The highest BCUT2D eigenvalue weighted by molar-refractivity contribution is 5.91. The molecule has 0 unspecified atom stereocenters. The molecule has 0 N–H and O–H groups in total. The second-order valence-electron chi connectivity index (χ2n) is 12.5. The minimum Gasteiger partial charge on any atom is -0.452 e. The Morgan fingerprint density at radius 3 is 1.74 bits per heavy atom. The Hall–Kier alpha value is -4.43. The third-order valence-corrected chi connectivity index (χ3v) is 8.39. The number of hydrogen-bond acceptors (Lipinski definition) is 12. The van der Waals surface area contributed by atoms with Gasteiger partial charge in [-0.1, -0.05) is 60.7 Å². The van der Waals surface area contributed by atoms with E-state index in [0.29, 0.717) is 0 Å². The summed E-state index contributed by atoms with van der Waals surface area (Å²) in [7, 11) is 0. The van der Waals surface area contributed by atoms with Gasteiger partial charge in [-0.05, 0) is 57.2 Å². The molecule has 9 atom stereocenters. The van der Waals surface area contributed by atoms with Crippen molar-refractivity contribution < 1.29 is 57.0 Å². The summed E-state index contributed by atoms with van der Waals surface area (Å²) in [6, 6.07) is 24.9. The summed E-state index contributed by atoms with van der Waals surface area (Å²) in [5.74, 6) is -3.15. The van der Waals surface area contributed by atoms with Crippen molar-refractivity contribution in [3.63, 3.8) is 0 Å². The number of hydrogen-bond donors (Lipinski definition) is 0. The van der Waals surface area contributed by atoms with E-state index in [4.69, 9.17) is 42.6 Å². The van der Waals surface area contributed by atoms with Crippen LogP contribution in [0.25, 0.3) is 0 Å². The molecule has 3 aromatic carbocycles. The molecular weight excluding hydrogens is 648 g/mol. The fourth-order valence-corrected chi connectivity index (χ4v) is 6.11. The van der Waals surface area contributed by atoms with E-state index in [2.05, 4.69) is 6.58 Å². The van der Waals surface area contributed by atoms with Crippen molar-refractivity contribution in [1.29, 1.82) is 0 Å². The number of benzene rings is 3. The van der Waals surface area contributed by atoms with E-state index in [-0.39, 0.29) is 29.9 Å². The highest BCUT2D eigenvalue weighted by Crippen LogP contribution is 2.39. The average Bonchev–Trinajstić information content (AvgIpc) is 3.46.